The van der Waals surface area contributed by atoms with Crippen LogP contribution in [0.2, 0.25) is 0 Å². The van der Waals surface area contributed by atoms with Crippen LogP contribution in [0.1, 0.15) is 15.9 Å². The van der Waals surface area contributed by atoms with Gasteiger partial charge in [0.1, 0.15) is 32.9 Å². The van der Waals surface area contributed by atoms with E-state index < -0.39 is 0 Å². The Balaban J connectivity index is 1.79. The van der Waals surface area contributed by atoms with E-state index in [1.807, 2.05) is 0 Å². The van der Waals surface area contributed by atoms with Crippen LogP contribution in [0, 0.1) is 0 Å². The van der Waals surface area contributed by atoms with Crippen LogP contribution in [-0.2, 0) is 0 Å². The predicted octanol–water partition coefficient (Wildman–Crippen LogP) is 2.59. The minimum Gasteiger partial charge on any atom is -0.497 e. The third kappa shape index (κ3) is 3.97. The molecule has 0 atom stereocenters. The fraction of sp³-hybridized carbons (Fsp3) is 0.0500. The summed E-state index contributed by atoms with van der Waals surface area (Å²) in [5, 5.41) is 0. The molecule has 124 valence electrons. The standard InChI is InChI=1S/C20H14B2O3S/c1-24-14-6-2-12(3-7-14)20(23)13-4-8-15(9-5-13)25-18-11-16(26)10-17(21)19(18)22/h2-11,26H,1H3. The third-order valence-corrected chi connectivity index (χ3v) is 4.11. The zero-order chi connectivity index (χ0) is 18.7. The fourth-order valence-electron chi connectivity index (χ4n) is 2.43. The van der Waals surface area contributed by atoms with E-state index in [0.717, 1.165) is 0 Å². The molecule has 0 bridgehead atoms. The van der Waals surface area contributed by atoms with Gasteiger partial charge < -0.3 is 9.47 Å². The Kier molecular flexibility index (Phi) is 5.43. The van der Waals surface area contributed by atoms with Crippen molar-refractivity contribution in [2.45, 2.75) is 4.90 Å². The SMILES string of the molecule is [B]c1cc(S)cc(Oc2ccc(C(=O)c3ccc(OC)cc3)cc2)c1[B]. The van der Waals surface area contributed by atoms with Crippen molar-refractivity contribution in [3.05, 3.63) is 71.8 Å². The lowest BCUT2D eigenvalue weighted by molar-refractivity contribution is 0.103. The largest absolute Gasteiger partial charge is 0.497 e. The molecule has 0 spiro atoms. The number of hydrogen-bond acceptors (Lipinski definition) is 4. The summed E-state index contributed by atoms with van der Waals surface area (Å²) < 4.78 is 10.9. The summed E-state index contributed by atoms with van der Waals surface area (Å²) in [5.74, 6) is 1.58. The molecule has 0 aliphatic rings. The minimum atomic E-state index is -0.0830. The predicted molar refractivity (Wildman–Crippen MR) is 107 cm³/mol. The van der Waals surface area contributed by atoms with Crippen LogP contribution in [-0.4, -0.2) is 28.6 Å². The number of methoxy groups -OCH3 is 1. The van der Waals surface area contributed by atoms with Gasteiger partial charge in [-0.3, -0.25) is 4.79 Å². The van der Waals surface area contributed by atoms with Gasteiger partial charge in [-0.2, -0.15) is 0 Å². The maximum absolute atomic E-state index is 12.5. The second-order valence-corrected chi connectivity index (χ2v) is 6.15. The molecule has 0 N–H and O–H groups in total. The van der Waals surface area contributed by atoms with Gasteiger partial charge in [-0.25, -0.2) is 0 Å². The first-order valence-electron chi connectivity index (χ1n) is 7.82. The molecular weight excluding hydrogens is 342 g/mol. The number of hydrogen-bond donors (Lipinski definition) is 1. The second kappa shape index (κ2) is 7.75. The summed E-state index contributed by atoms with van der Waals surface area (Å²) in [7, 11) is 13.3. The van der Waals surface area contributed by atoms with E-state index in [4.69, 9.17) is 25.2 Å². The summed E-state index contributed by atoms with van der Waals surface area (Å²) in [4.78, 5) is 13.2. The fourth-order valence-corrected chi connectivity index (χ4v) is 2.68. The maximum Gasteiger partial charge on any atom is 0.193 e. The second-order valence-electron chi connectivity index (χ2n) is 5.63. The monoisotopic (exact) mass is 356 g/mol. The Hall–Kier alpha value is -2.59. The molecule has 0 aromatic heterocycles. The average molecular weight is 356 g/mol. The lowest BCUT2D eigenvalue weighted by Gasteiger charge is -2.13. The first kappa shape index (κ1) is 18.2. The molecule has 4 radical (unpaired) electrons. The lowest BCUT2D eigenvalue weighted by atomic mass is 9.80. The molecule has 3 aromatic rings. The molecule has 3 nitrogen and oxygen atoms in total. The lowest BCUT2D eigenvalue weighted by Crippen LogP contribution is -2.26. The molecule has 6 heteroatoms. The van der Waals surface area contributed by atoms with Crippen LogP contribution >= 0.6 is 12.6 Å². The van der Waals surface area contributed by atoms with Gasteiger partial charge in [0.15, 0.2) is 5.78 Å². The summed E-state index contributed by atoms with van der Waals surface area (Å²) in [6.45, 7) is 0. The summed E-state index contributed by atoms with van der Waals surface area (Å²) in [6, 6.07) is 17.1. The van der Waals surface area contributed by atoms with Gasteiger partial charge in [-0.05, 0) is 54.6 Å². The highest BCUT2D eigenvalue weighted by atomic mass is 32.1. The van der Waals surface area contributed by atoms with Crippen molar-refractivity contribution in [1.82, 2.24) is 0 Å². The molecular formula is C20H14B2O3S. The zero-order valence-corrected chi connectivity index (χ0v) is 15.0. The number of ether oxygens (including phenoxy) is 2. The van der Waals surface area contributed by atoms with Crippen molar-refractivity contribution in [1.29, 1.82) is 0 Å². The molecule has 0 heterocycles. The van der Waals surface area contributed by atoms with Gasteiger partial charge in [0.2, 0.25) is 0 Å². The first-order valence-corrected chi connectivity index (χ1v) is 8.27. The third-order valence-electron chi connectivity index (χ3n) is 3.86. The van der Waals surface area contributed by atoms with Crippen molar-refractivity contribution in [3.63, 3.8) is 0 Å². The smallest absolute Gasteiger partial charge is 0.193 e. The highest BCUT2D eigenvalue weighted by Crippen LogP contribution is 2.23. The molecule has 3 aromatic carbocycles. The highest BCUT2D eigenvalue weighted by Gasteiger charge is 2.10. The van der Waals surface area contributed by atoms with Crippen LogP contribution in [0.25, 0.3) is 0 Å². The zero-order valence-electron chi connectivity index (χ0n) is 14.1. The molecule has 26 heavy (non-hydrogen) atoms. The van der Waals surface area contributed by atoms with Crippen molar-refractivity contribution < 1.29 is 14.3 Å². The van der Waals surface area contributed by atoms with E-state index in [1.165, 1.54) is 0 Å². The Bertz CT molecular complexity index is 939. The molecule has 0 aliphatic carbocycles. The van der Waals surface area contributed by atoms with Crippen molar-refractivity contribution in [2.75, 3.05) is 7.11 Å². The number of carbonyl (C=O) groups excluding carboxylic acids is 1. The maximum atomic E-state index is 12.5. The molecule has 3 rings (SSSR count). The van der Waals surface area contributed by atoms with Crippen LogP contribution in [0.4, 0.5) is 0 Å². The van der Waals surface area contributed by atoms with Crippen LogP contribution in [0.15, 0.2) is 65.6 Å². The average Bonchev–Trinajstić information content (AvgIpc) is 2.66. The first-order chi connectivity index (χ1) is 12.5. The molecule has 0 saturated heterocycles. The normalized spacial score (nSPS) is 10.4. The van der Waals surface area contributed by atoms with Gasteiger partial charge in [0, 0.05) is 16.0 Å². The molecule has 0 aliphatic heterocycles. The van der Waals surface area contributed by atoms with E-state index in [2.05, 4.69) is 12.6 Å². The number of benzene rings is 3. The summed E-state index contributed by atoms with van der Waals surface area (Å²) in [6.07, 6.45) is 0. The van der Waals surface area contributed by atoms with Crippen LogP contribution in [0.5, 0.6) is 17.2 Å². The van der Waals surface area contributed by atoms with Crippen LogP contribution in [0.3, 0.4) is 0 Å². The molecule has 0 saturated carbocycles. The minimum absolute atomic E-state index is 0.0830. The number of rotatable bonds is 5. The van der Waals surface area contributed by atoms with Crippen LogP contribution < -0.4 is 20.4 Å². The van der Waals surface area contributed by atoms with Crippen molar-refractivity contribution >= 4 is 45.0 Å². The Morgan fingerprint density at radius 2 is 1.42 bits per heavy atom. The number of ketones is 1. The quantitative estimate of drug-likeness (QED) is 0.434. The summed E-state index contributed by atoms with van der Waals surface area (Å²) >= 11 is 4.27. The van der Waals surface area contributed by atoms with Crippen molar-refractivity contribution in [2.24, 2.45) is 0 Å². The Morgan fingerprint density at radius 1 is 0.885 bits per heavy atom. The van der Waals surface area contributed by atoms with E-state index >= 15 is 0 Å². The summed E-state index contributed by atoms with van der Waals surface area (Å²) in [5.41, 5.74) is 1.89. The van der Waals surface area contributed by atoms with Gasteiger partial charge in [-0.15, -0.1) is 12.6 Å². The van der Waals surface area contributed by atoms with Gasteiger partial charge in [0.25, 0.3) is 0 Å². The van der Waals surface area contributed by atoms with E-state index in [-0.39, 0.29) is 5.78 Å². The molecule has 0 unspecified atom stereocenters. The van der Waals surface area contributed by atoms with Gasteiger partial charge >= 0.3 is 0 Å². The topological polar surface area (TPSA) is 35.5 Å². The van der Waals surface area contributed by atoms with E-state index in [0.29, 0.717) is 44.2 Å². The Labute approximate surface area is 160 Å². The number of carbonyl (C=O) groups is 1. The molecule has 0 fully saturated rings. The molecule has 0 amide bonds. The highest BCUT2D eigenvalue weighted by molar-refractivity contribution is 7.80. The van der Waals surface area contributed by atoms with Gasteiger partial charge in [-0.1, -0.05) is 17.0 Å². The Morgan fingerprint density at radius 3 is 1.96 bits per heavy atom. The van der Waals surface area contributed by atoms with E-state index in [9.17, 15) is 4.79 Å². The number of thiol groups is 1. The van der Waals surface area contributed by atoms with Gasteiger partial charge in [0.05, 0.1) is 7.11 Å². The van der Waals surface area contributed by atoms with Crippen molar-refractivity contribution in [3.8, 4) is 17.2 Å². The van der Waals surface area contributed by atoms with E-state index in [1.54, 1.807) is 67.8 Å².